The standard InChI is InChI=1S/C22H28N2O2/c1-16-7-4-5-8-20(16)17(2)23-22(25)15-24-14-6-9-21(24)18-10-12-19(26-3)13-11-18/h4-5,7-8,10-13,17,21H,6,9,14-15H2,1-3H3,(H,23,25)/t17-,21+/m1/s1. The minimum absolute atomic E-state index is 0.0192. The van der Waals surface area contributed by atoms with Gasteiger partial charge in [0.15, 0.2) is 0 Å². The van der Waals surface area contributed by atoms with Crippen LogP contribution in [-0.4, -0.2) is 31.0 Å². The van der Waals surface area contributed by atoms with E-state index in [9.17, 15) is 4.79 Å². The molecule has 1 heterocycles. The molecule has 4 heteroatoms. The third-order valence-corrected chi connectivity index (χ3v) is 5.24. The van der Waals surface area contributed by atoms with Crippen LogP contribution in [-0.2, 0) is 4.79 Å². The monoisotopic (exact) mass is 352 g/mol. The normalized spacial score (nSPS) is 18.5. The lowest BCUT2D eigenvalue weighted by Crippen LogP contribution is -2.38. The fourth-order valence-corrected chi connectivity index (χ4v) is 3.84. The van der Waals surface area contributed by atoms with E-state index in [2.05, 4.69) is 41.4 Å². The van der Waals surface area contributed by atoms with E-state index in [0.717, 1.165) is 25.1 Å². The zero-order chi connectivity index (χ0) is 18.5. The van der Waals surface area contributed by atoms with Crippen molar-refractivity contribution in [2.75, 3.05) is 20.2 Å². The summed E-state index contributed by atoms with van der Waals surface area (Å²) >= 11 is 0. The average molecular weight is 352 g/mol. The maximum atomic E-state index is 12.6. The highest BCUT2D eigenvalue weighted by Crippen LogP contribution is 2.32. The fourth-order valence-electron chi connectivity index (χ4n) is 3.84. The Bertz CT molecular complexity index is 742. The van der Waals surface area contributed by atoms with Gasteiger partial charge in [0.25, 0.3) is 0 Å². The summed E-state index contributed by atoms with van der Waals surface area (Å²) in [6.45, 7) is 5.53. The summed E-state index contributed by atoms with van der Waals surface area (Å²) in [4.78, 5) is 14.9. The second kappa shape index (κ2) is 8.37. The van der Waals surface area contributed by atoms with Crippen molar-refractivity contribution in [3.63, 3.8) is 0 Å². The van der Waals surface area contributed by atoms with E-state index < -0.39 is 0 Å². The van der Waals surface area contributed by atoms with Gasteiger partial charge in [-0.3, -0.25) is 9.69 Å². The highest BCUT2D eigenvalue weighted by molar-refractivity contribution is 5.78. The molecule has 1 saturated heterocycles. The number of carbonyl (C=O) groups excluding carboxylic acids is 1. The van der Waals surface area contributed by atoms with Gasteiger partial charge >= 0.3 is 0 Å². The Balaban J connectivity index is 1.61. The Kier molecular flexibility index (Phi) is 5.94. The quantitative estimate of drug-likeness (QED) is 0.854. The number of amides is 1. The van der Waals surface area contributed by atoms with Crippen LogP contribution in [0.15, 0.2) is 48.5 Å². The maximum absolute atomic E-state index is 12.6. The van der Waals surface area contributed by atoms with Crippen LogP contribution in [0.3, 0.4) is 0 Å². The van der Waals surface area contributed by atoms with Gasteiger partial charge in [-0.25, -0.2) is 0 Å². The number of nitrogens with zero attached hydrogens (tertiary/aromatic N) is 1. The maximum Gasteiger partial charge on any atom is 0.234 e. The molecule has 1 amide bonds. The summed E-state index contributed by atoms with van der Waals surface area (Å²) in [6.07, 6.45) is 2.21. The van der Waals surface area contributed by atoms with Gasteiger partial charge in [0.05, 0.1) is 19.7 Å². The minimum Gasteiger partial charge on any atom is -0.497 e. The first-order chi connectivity index (χ1) is 12.6. The summed E-state index contributed by atoms with van der Waals surface area (Å²) in [7, 11) is 1.68. The van der Waals surface area contributed by atoms with Crippen molar-refractivity contribution in [2.24, 2.45) is 0 Å². The number of ether oxygens (including phenoxy) is 1. The van der Waals surface area contributed by atoms with Crippen LogP contribution in [0.2, 0.25) is 0 Å². The second-order valence-corrected chi connectivity index (χ2v) is 7.05. The molecule has 4 nitrogen and oxygen atoms in total. The molecule has 2 aromatic rings. The van der Waals surface area contributed by atoms with Crippen LogP contribution in [0.5, 0.6) is 5.75 Å². The SMILES string of the molecule is COc1ccc([C@@H]2CCCN2CC(=O)N[C@H](C)c2ccccc2C)cc1. The van der Waals surface area contributed by atoms with Crippen LogP contribution >= 0.6 is 0 Å². The molecule has 1 fully saturated rings. The van der Waals surface area contributed by atoms with E-state index in [-0.39, 0.29) is 11.9 Å². The van der Waals surface area contributed by atoms with Crippen LogP contribution in [0, 0.1) is 6.92 Å². The number of carbonyl (C=O) groups is 1. The number of rotatable bonds is 6. The molecule has 0 saturated carbocycles. The van der Waals surface area contributed by atoms with Crippen molar-refractivity contribution >= 4 is 5.91 Å². The van der Waals surface area contributed by atoms with Gasteiger partial charge in [0.1, 0.15) is 5.75 Å². The van der Waals surface area contributed by atoms with Gasteiger partial charge in [0.2, 0.25) is 5.91 Å². The molecule has 26 heavy (non-hydrogen) atoms. The van der Waals surface area contributed by atoms with Gasteiger partial charge in [-0.05, 0) is 62.1 Å². The molecule has 2 aromatic carbocycles. The second-order valence-electron chi connectivity index (χ2n) is 7.05. The lowest BCUT2D eigenvalue weighted by atomic mass is 10.0. The lowest BCUT2D eigenvalue weighted by molar-refractivity contribution is -0.123. The van der Waals surface area contributed by atoms with Crippen molar-refractivity contribution in [3.05, 3.63) is 65.2 Å². The average Bonchev–Trinajstić information content (AvgIpc) is 3.10. The Morgan fingerprint density at radius 2 is 1.96 bits per heavy atom. The van der Waals surface area contributed by atoms with Crippen molar-refractivity contribution in [3.8, 4) is 5.75 Å². The molecule has 138 valence electrons. The van der Waals surface area contributed by atoms with Crippen LogP contribution in [0.1, 0.15) is 48.5 Å². The van der Waals surface area contributed by atoms with Crippen molar-refractivity contribution in [2.45, 2.75) is 38.8 Å². The topological polar surface area (TPSA) is 41.6 Å². The van der Waals surface area contributed by atoms with Crippen molar-refractivity contribution < 1.29 is 9.53 Å². The van der Waals surface area contributed by atoms with E-state index in [4.69, 9.17) is 4.74 Å². The molecular formula is C22H28N2O2. The Labute approximate surface area is 156 Å². The number of methoxy groups -OCH3 is 1. The number of nitrogens with one attached hydrogen (secondary N) is 1. The predicted molar refractivity (Wildman–Crippen MR) is 104 cm³/mol. The van der Waals surface area contributed by atoms with Gasteiger partial charge in [-0.1, -0.05) is 36.4 Å². The van der Waals surface area contributed by atoms with E-state index in [1.54, 1.807) is 7.11 Å². The molecule has 0 aromatic heterocycles. The number of benzene rings is 2. The highest BCUT2D eigenvalue weighted by Gasteiger charge is 2.28. The van der Waals surface area contributed by atoms with Crippen molar-refractivity contribution in [1.29, 1.82) is 0 Å². The number of hydrogen-bond donors (Lipinski definition) is 1. The molecule has 0 aliphatic carbocycles. The molecule has 0 radical (unpaired) electrons. The van der Waals surface area contributed by atoms with Gasteiger partial charge in [-0.2, -0.15) is 0 Å². The predicted octanol–water partition coefficient (Wildman–Crippen LogP) is 4.02. The fraction of sp³-hybridized carbons (Fsp3) is 0.409. The van der Waals surface area contributed by atoms with E-state index in [0.29, 0.717) is 12.6 Å². The summed E-state index contributed by atoms with van der Waals surface area (Å²) in [6, 6.07) is 16.7. The first kappa shape index (κ1) is 18.5. The number of aryl methyl sites for hydroxylation is 1. The summed E-state index contributed by atoms with van der Waals surface area (Å²) < 4.78 is 5.24. The molecule has 3 rings (SSSR count). The first-order valence-electron chi connectivity index (χ1n) is 9.31. The molecule has 0 spiro atoms. The zero-order valence-corrected chi connectivity index (χ0v) is 15.9. The van der Waals surface area contributed by atoms with Gasteiger partial charge in [0, 0.05) is 6.04 Å². The van der Waals surface area contributed by atoms with Crippen LogP contribution in [0.4, 0.5) is 0 Å². The van der Waals surface area contributed by atoms with Gasteiger partial charge in [-0.15, -0.1) is 0 Å². The number of hydrogen-bond acceptors (Lipinski definition) is 3. The Morgan fingerprint density at radius 1 is 1.23 bits per heavy atom. The summed E-state index contributed by atoms with van der Waals surface area (Å²) in [5.41, 5.74) is 3.63. The third kappa shape index (κ3) is 4.25. The molecule has 0 bridgehead atoms. The zero-order valence-electron chi connectivity index (χ0n) is 15.9. The molecule has 1 aliphatic heterocycles. The molecular weight excluding hydrogens is 324 g/mol. The smallest absolute Gasteiger partial charge is 0.234 e. The highest BCUT2D eigenvalue weighted by atomic mass is 16.5. The molecule has 0 unspecified atom stereocenters. The number of likely N-dealkylation sites (tertiary alicyclic amines) is 1. The minimum atomic E-state index is 0.0192. The Hall–Kier alpha value is -2.33. The molecule has 1 N–H and O–H groups in total. The summed E-state index contributed by atoms with van der Waals surface area (Å²) in [5, 5.41) is 3.15. The first-order valence-corrected chi connectivity index (χ1v) is 9.31. The van der Waals surface area contributed by atoms with E-state index >= 15 is 0 Å². The van der Waals surface area contributed by atoms with E-state index in [1.807, 2.05) is 31.2 Å². The third-order valence-electron chi connectivity index (χ3n) is 5.24. The largest absolute Gasteiger partial charge is 0.497 e. The summed E-state index contributed by atoms with van der Waals surface area (Å²) in [5.74, 6) is 0.948. The lowest BCUT2D eigenvalue weighted by Gasteiger charge is -2.25. The molecule has 1 aliphatic rings. The van der Waals surface area contributed by atoms with E-state index in [1.165, 1.54) is 16.7 Å². The molecule has 2 atom stereocenters. The Morgan fingerprint density at radius 3 is 2.65 bits per heavy atom. The van der Waals surface area contributed by atoms with Crippen LogP contribution in [0.25, 0.3) is 0 Å². The van der Waals surface area contributed by atoms with Gasteiger partial charge < -0.3 is 10.1 Å². The van der Waals surface area contributed by atoms with Crippen LogP contribution < -0.4 is 10.1 Å². The van der Waals surface area contributed by atoms with Crippen molar-refractivity contribution in [1.82, 2.24) is 10.2 Å².